The zero-order chi connectivity index (χ0) is 12.3. The third-order valence-corrected chi connectivity index (χ3v) is 5.25. The fraction of sp³-hybridized carbons (Fsp3) is 0.692. The van der Waals surface area contributed by atoms with Crippen LogP contribution >= 0.6 is 27.3 Å². The Labute approximate surface area is 116 Å². The first kappa shape index (κ1) is 13.5. The summed E-state index contributed by atoms with van der Waals surface area (Å²) in [5, 5.41) is 0. The summed E-state index contributed by atoms with van der Waals surface area (Å²) in [4.78, 5) is 1.34. The maximum atomic E-state index is 6.41. The fourth-order valence-corrected chi connectivity index (χ4v) is 4.29. The Morgan fingerprint density at radius 2 is 2.18 bits per heavy atom. The summed E-state index contributed by atoms with van der Waals surface area (Å²) in [5.74, 6) is 0. The summed E-state index contributed by atoms with van der Waals surface area (Å²) in [6, 6.07) is 4.37. The first-order valence-corrected chi connectivity index (χ1v) is 7.91. The van der Waals surface area contributed by atoms with Crippen molar-refractivity contribution in [3.63, 3.8) is 0 Å². The molecule has 0 bridgehead atoms. The molecule has 0 amide bonds. The van der Waals surface area contributed by atoms with E-state index in [4.69, 9.17) is 10.5 Å². The normalized spacial score (nSPS) is 20.6. The average molecular weight is 318 g/mol. The van der Waals surface area contributed by atoms with Crippen LogP contribution in [0.1, 0.15) is 37.5 Å². The number of ether oxygens (including phenoxy) is 1. The zero-order valence-electron chi connectivity index (χ0n) is 10.2. The molecule has 1 aliphatic carbocycles. The Balaban J connectivity index is 2.03. The molecule has 96 valence electrons. The molecule has 1 fully saturated rings. The molecule has 1 unspecified atom stereocenters. The highest BCUT2D eigenvalue weighted by molar-refractivity contribution is 9.11. The van der Waals surface area contributed by atoms with Crippen LogP contribution in [0.2, 0.25) is 0 Å². The standard InChI is InChI=1S/C13H20BrNOS/c1-2-16-13(7-3-4-8-13)11(15)9-10-5-6-12(14)17-10/h5-6,11H,2-4,7-9,15H2,1H3. The predicted molar refractivity (Wildman–Crippen MR) is 76.5 cm³/mol. The van der Waals surface area contributed by atoms with E-state index in [2.05, 4.69) is 35.0 Å². The lowest BCUT2D eigenvalue weighted by atomic mass is 9.90. The molecule has 0 saturated heterocycles. The van der Waals surface area contributed by atoms with Gasteiger partial charge in [-0.05, 0) is 54.2 Å². The molecule has 0 aliphatic heterocycles. The smallest absolute Gasteiger partial charge is 0.0836 e. The summed E-state index contributed by atoms with van der Waals surface area (Å²) < 4.78 is 7.18. The molecule has 2 rings (SSSR count). The van der Waals surface area contributed by atoms with Gasteiger partial charge in [-0.1, -0.05) is 12.8 Å². The second-order valence-electron chi connectivity index (χ2n) is 4.72. The van der Waals surface area contributed by atoms with Crippen molar-refractivity contribution in [2.24, 2.45) is 5.73 Å². The molecular formula is C13H20BrNOS. The second kappa shape index (κ2) is 5.83. The number of halogens is 1. The lowest BCUT2D eigenvalue weighted by Crippen LogP contribution is -2.49. The molecular weight excluding hydrogens is 298 g/mol. The van der Waals surface area contributed by atoms with Gasteiger partial charge in [0.25, 0.3) is 0 Å². The van der Waals surface area contributed by atoms with Gasteiger partial charge in [-0.3, -0.25) is 0 Å². The number of thiophene rings is 1. The van der Waals surface area contributed by atoms with Crippen molar-refractivity contribution in [2.45, 2.75) is 50.7 Å². The van der Waals surface area contributed by atoms with E-state index >= 15 is 0 Å². The summed E-state index contributed by atoms with van der Waals surface area (Å²) in [6.45, 7) is 2.83. The van der Waals surface area contributed by atoms with Gasteiger partial charge < -0.3 is 10.5 Å². The lowest BCUT2D eigenvalue weighted by molar-refractivity contribution is -0.0523. The second-order valence-corrected chi connectivity index (χ2v) is 7.27. The summed E-state index contributed by atoms with van der Waals surface area (Å²) >= 11 is 5.27. The van der Waals surface area contributed by atoms with E-state index in [-0.39, 0.29) is 11.6 Å². The summed E-state index contributed by atoms with van der Waals surface area (Å²) in [6.07, 6.45) is 5.67. The molecule has 1 aliphatic rings. The van der Waals surface area contributed by atoms with Crippen molar-refractivity contribution >= 4 is 27.3 Å². The molecule has 0 spiro atoms. The Morgan fingerprint density at radius 1 is 1.47 bits per heavy atom. The average Bonchev–Trinajstić information content (AvgIpc) is 2.89. The molecule has 17 heavy (non-hydrogen) atoms. The summed E-state index contributed by atoms with van der Waals surface area (Å²) in [7, 11) is 0. The van der Waals surface area contributed by atoms with Gasteiger partial charge in [0.05, 0.1) is 9.39 Å². The molecule has 4 heteroatoms. The van der Waals surface area contributed by atoms with Gasteiger partial charge in [-0.2, -0.15) is 0 Å². The minimum atomic E-state index is -0.0643. The first-order valence-electron chi connectivity index (χ1n) is 6.30. The van der Waals surface area contributed by atoms with E-state index in [9.17, 15) is 0 Å². The van der Waals surface area contributed by atoms with E-state index in [1.54, 1.807) is 11.3 Å². The lowest BCUT2D eigenvalue weighted by Gasteiger charge is -2.35. The van der Waals surface area contributed by atoms with Crippen LogP contribution in [0.5, 0.6) is 0 Å². The summed E-state index contributed by atoms with van der Waals surface area (Å²) in [5.41, 5.74) is 6.34. The third-order valence-electron chi connectivity index (χ3n) is 3.61. The van der Waals surface area contributed by atoms with E-state index < -0.39 is 0 Å². The minimum Gasteiger partial charge on any atom is -0.374 e. The highest BCUT2D eigenvalue weighted by Crippen LogP contribution is 2.37. The number of hydrogen-bond donors (Lipinski definition) is 1. The van der Waals surface area contributed by atoms with Crippen molar-refractivity contribution in [2.75, 3.05) is 6.61 Å². The Kier molecular flexibility index (Phi) is 4.64. The van der Waals surface area contributed by atoms with Crippen LogP contribution in [0.15, 0.2) is 15.9 Å². The number of rotatable bonds is 5. The van der Waals surface area contributed by atoms with Gasteiger partial charge in [0.1, 0.15) is 0 Å². The maximum absolute atomic E-state index is 6.41. The van der Waals surface area contributed by atoms with Gasteiger partial charge in [0.15, 0.2) is 0 Å². The first-order chi connectivity index (χ1) is 8.16. The van der Waals surface area contributed by atoms with E-state index in [0.29, 0.717) is 0 Å². The number of nitrogens with two attached hydrogens (primary N) is 1. The SMILES string of the molecule is CCOC1(C(N)Cc2ccc(Br)s2)CCCC1. The Hall–Kier alpha value is 0.1000. The van der Waals surface area contributed by atoms with Crippen molar-refractivity contribution < 1.29 is 4.74 Å². The monoisotopic (exact) mass is 317 g/mol. The highest BCUT2D eigenvalue weighted by atomic mass is 79.9. The molecule has 2 N–H and O–H groups in total. The van der Waals surface area contributed by atoms with Crippen LogP contribution in [0, 0.1) is 0 Å². The van der Waals surface area contributed by atoms with E-state index in [1.807, 2.05) is 0 Å². The van der Waals surface area contributed by atoms with Gasteiger partial charge in [-0.25, -0.2) is 0 Å². The van der Waals surface area contributed by atoms with Crippen LogP contribution < -0.4 is 5.73 Å². The van der Waals surface area contributed by atoms with Crippen molar-refractivity contribution in [1.82, 2.24) is 0 Å². The van der Waals surface area contributed by atoms with Crippen molar-refractivity contribution in [3.8, 4) is 0 Å². The van der Waals surface area contributed by atoms with Crippen molar-refractivity contribution in [1.29, 1.82) is 0 Å². The van der Waals surface area contributed by atoms with Crippen LogP contribution in [0.25, 0.3) is 0 Å². The largest absolute Gasteiger partial charge is 0.374 e. The molecule has 1 saturated carbocycles. The van der Waals surface area contributed by atoms with Gasteiger partial charge >= 0.3 is 0 Å². The van der Waals surface area contributed by atoms with Crippen LogP contribution in [-0.4, -0.2) is 18.2 Å². The van der Waals surface area contributed by atoms with Gasteiger partial charge in [0.2, 0.25) is 0 Å². The topological polar surface area (TPSA) is 35.2 Å². The highest BCUT2D eigenvalue weighted by Gasteiger charge is 2.40. The molecule has 0 aromatic carbocycles. The molecule has 1 aromatic heterocycles. The molecule has 1 aromatic rings. The third kappa shape index (κ3) is 3.11. The molecule has 1 heterocycles. The van der Waals surface area contributed by atoms with Crippen molar-refractivity contribution in [3.05, 3.63) is 20.8 Å². The Morgan fingerprint density at radius 3 is 2.71 bits per heavy atom. The number of hydrogen-bond acceptors (Lipinski definition) is 3. The quantitative estimate of drug-likeness (QED) is 0.898. The molecule has 0 radical (unpaired) electrons. The van der Waals surface area contributed by atoms with Gasteiger partial charge in [-0.15, -0.1) is 11.3 Å². The van der Waals surface area contributed by atoms with Crippen LogP contribution in [0.3, 0.4) is 0 Å². The Bertz CT molecular complexity index is 360. The zero-order valence-corrected chi connectivity index (χ0v) is 12.6. The van der Waals surface area contributed by atoms with E-state index in [0.717, 1.165) is 25.9 Å². The maximum Gasteiger partial charge on any atom is 0.0836 e. The van der Waals surface area contributed by atoms with E-state index in [1.165, 1.54) is 21.5 Å². The van der Waals surface area contributed by atoms with Crippen LogP contribution in [-0.2, 0) is 11.2 Å². The molecule has 2 nitrogen and oxygen atoms in total. The fourth-order valence-electron chi connectivity index (χ4n) is 2.75. The minimum absolute atomic E-state index is 0.0643. The molecule has 1 atom stereocenters. The van der Waals surface area contributed by atoms with Crippen LogP contribution in [0.4, 0.5) is 0 Å². The predicted octanol–water partition coefficient (Wildman–Crippen LogP) is 3.73. The van der Waals surface area contributed by atoms with Gasteiger partial charge in [0, 0.05) is 17.5 Å².